The van der Waals surface area contributed by atoms with Crippen molar-refractivity contribution in [3.8, 4) is 0 Å². The highest BCUT2D eigenvalue weighted by Gasteiger charge is 2.57. The first-order valence-electron chi connectivity index (χ1n) is 9.73. The van der Waals surface area contributed by atoms with Gasteiger partial charge in [-0.25, -0.2) is 0 Å². The van der Waals surface area contributed by atoms with Crippen LogP contribution in [-0.2, 0) is 14.2 Å². The van der Waals surface area contributed by atoms with Crippen LogP contribution in [-0.4, -0.2) is 48.8 Å². The van der Waals surface area contributed by atoms with Crippen molar-refractivity contribution in [3.05, 3.63) is 0 Å². The average Bonchev–Trinajstić information content (AvgIpc) is 3.02. The smallest absolute Gasteiger partial charge is 0.122 e. The van der Waals surface area contributed by atoms with Crippen molar-refractivity contribution < 1.29 is 19.3 Å². The van der Waals surface area contributed by atoms with E-state index in [0.29, 0.717) is 13.2 Å². The van der Waals surface area contributed by atoms with Crippen molar-refractivity contribution in [2.75, 3.05) is 19.8 Å². The van der Waals surface area contributed by atoms with E-state index in [4.69, 9.17) is 14.2 Å². The summed E-state index contributed by atoms with van der Waals surface area (Å²) in [6, 6.07) is 0. The Balaban J connectivity index is 1.44. The van der Waals surface area contributed by atoms with Crippen LogP contribution in [0.5, 0.6) is 0 Å². The van der Waals surface area contributed by atoms with E-state index in [1.165, 1.54) is 57.8 Å². The van der Waals surface area contributed by atoms with Gasteiger partial charge in [0.1, 0.15) is 23.9 Å². The Morgan fingerprint density at radius 3 is 2.22 bits per heavy atom. The van der Waals surface area contributed by atoms with Gasteiger partial charge in [0.2, 0.25) is 0 Å². The molecule has 4 atom stereocenters. The molecule has 23 heavy (non-hydrogen) atoms. The average molecular weight is 328 g/mol. The molecule has 0 aromatic heterocycles. The minimum Gasteiger partial charge on any atom is -0.388 e. The highest BCUT2D eigenvalue weighted by molar-refractivity contribution is 5.05. The highest BCUT2D eigenvalue weighted by Crippen LogP contribution is 2.38. The molecule has 2 heterocycles. The maximum Gasteiger partial charge on any atom is 0.122 e. The third-order valence-electron chi connectivity index (χ3n) is 5.36. The van der Waals surface area contributed by atoms with Crippen LogP contribution in [0.3, 0.4) is 0 Å². The minimum absolute atomic E-state index is 0.0387. The number of aliphatic hydroxyl groups excluding tert-OH is 1. The summed E-state index contributed by atoms with van der Waals surface area (Å²) in [5.41, 5.74) is -0.460. The first-order chi connectivity index (χ1) is 11.2. The Morgan fingerprint density at radius 2 is 1.57 bits per heavy atom. The number of unbranched alkanes of at least 4 members (excludes halogenated alkanes) is 9. The topological polar surface area (TPSA) is 47.9 Å². The third-order valence-corrected chi connectivity index (χ3v) is 5.36. The molecule has 0 saturated carbocycles. The molecule has 0 radical (unpaired) electrons. The van der Waals surface area contributed by atoms with Gasteiger partial charge < -0.3 is 19.3 Å². The normalized spacial score (nSPS) is 33.3. The Bertz CT molecular complexity index is 322. The van der Waals surface area contributed by atoms with E-state index in [2.05, 4.69) is 6.92 Å². The molecule has 136 valence electrons. The van der Waals surface area contributed by atoms with Crippen molar-refractivity contribution in [2.24, 2.45) is 0 Å². The highest BCUT2D eigenvalue weighted by atomic mass is 16.6. The maximum atomic E-state index is 9.84. The lowest BCUT2D eigenvalue weighted by atomic mass is 9.94. The minimum atomic E-state index is -0.508. The monoisotopic (exact) mass is 328 g/mol. The molecule has 0 aliphatic carbocycles. The van der Waals surface area contributed by atoms with Gasteiger partial charge in [-0.3, -0.25) is 0 Å². The maximum absolute atomic E-state index is 9.84. The second kappa shape index (κ2) is 9.97. The second-order valence-electron chi connectivity index (χ2n) is 7.36. The van der Waals surface area contributed by atoms with Crippen LogP contribution in [0, 0.1) is 0 Å². The fourth-order valence-electron chi connectivity index (χ4n) is 3.75. The van der Waals surface area contributed by atoms with Crippen LogP contribution in [0.2, 0.25) is 0 Å². The summed E-state index contributed by atoms with van der Waals surface area (Å²) >= 11 is 0. The zero-order chi connectivity index (χ0) is 16.5. The van der Waals surface area contributed by atoms with Gasteiger partial charge in [0.05, 0.1) is 13.2 Å². The molecule has 2 fully saturated rings. The predicted octanol–water partition coefficient (Wildman–Crippen LogP) is 3.84. The van der Waals surface area contributed by atoms with E-state index in [1.807, 2.05) is 6.92 Å². The number of rotatable bonds is 12. The molecule has 4 heteroatoms. The summed E-state index contributed by atoms with van der Waals surface area (Å²) in [5, 5.41) is 9.84. The Morgan fingerprint density at radius 1 is 0.957 bits per heavy atom. The van der Waals surface area contributed by atoms with Crippen LogP contribution in [0.15, 0.2) is 0 Å². The van der Waals surface area contributed by atoms with Crippen LogP contribution in [0.1, 0.15) is 78.1 Å². The second-order valence-corrected chi connectivity index (χ2v) is 7.36. The number of aliphatic hydroxyl groups is 1. The number of fused-ring (bicyclic) bond motifs is 1. The van der Waals surface area contributed by atoms with Crippen LogP contribution >= 0.6 is 0 Å². The lowest BCUT2D eigenvalue weighted by Gasteiger charge is -2.28. The summed E-state index contributed by atoms with van der Waals surface area (Å²) in [7, 11) is 0. The van der Waals surface area contributed by atoms with Crippen molar-refractivity contribution in [3.63, 3.8) is 0 Å². The van der Waals surface area contributed by atoms with Crippen LogP contribution in [0.25, 0.3) is 0 Å². The summed E-state index contributed by atoms with van der Waals surface area (Å²) in [4.78, 5) is 0. The van der Waals surface area contributed by atoms with Gasteiger partial charge in [0.25, 0.3) is 0 Å². The molecule has 0 unspecified atom stereocenters. The fourth-order valence-corrected chi connectivity index (χ4v) is 3.75. The van der Waals surface area contributed by atoms with Crippen LogP contribution in [0.4, 0.5) is 0 Å². The van der Waals surface area contributed by atoms with E-state index < -0.39 is 11.7 Å². The third kappa shape index (κ3) is 5.42. The summed E-state index contributed by atoms with van der Waals surface area (Å²) in [6.07, 6.45) is 12.6. The lowest BCUT2D eigenvalue weighted by molar-refractivity contribution is -0.0922. The molecule has 2 saturated heterocycles. The Kier molecular flexibility index (Phi) is 8.31. The fraction of sp³-hybridized carbons (Fsp3) is 1.00. The van der Waals surface area contributed by atoms with Gasteiger partial charge >= 0.3 is 0 Å². The standard InChI is InChI=1S/C19H36O4/c1-3-4-5-6-7-8-9-10-11-12-13-21-17-15-22-18-16(20)14-23-19(17,18)2/h16-18,20H,3-15H2,1-2H3/t16-,17-,18+,19+/m0/s1. The van der Waals surface area contributed by atoms with Crippen LogP contribution < -0.4 is 0 Å². The molecule has 0 aromatic carbocycles. The number of ether oxygens (including phenoxy) is 3. The molecule has 0 aromatic rings. The van der Waals surface area contributed by atoms with Gasteiger partial charge in [-0.2, -0.15) is 0 Å². The number of hydrogen-bond acceptors (Lipinski definition) is 4. The van der Waals surface area contributed by atoms with Crippen molar-refractivity contribution in [1.82, 2.24) is 0 Å². The molecule has 4 nitrogen and oxygen atoms in total. The Labute approximate surface area is 141 Å². The van der Waals surface area contributed by atoms with Gasteiger partial charge in [-0.15, -0.1) is 0 Å². The largest absolute Gasteiger partial charge is 0.388 e. The quantitative estimate of drug-likeness (QED) is 0.553. The van der Waals surface area contributed by atoms with E-state index in [-0.39, 0.29) is 12.2 Å². The molecule has 0 amide bonds. The first kappa shape index (κ1) is 19.2. The lowest BCUT2D eigenvalue weighted by Crippen LogP contribution is -2.45. The Hall–Kier alpha value is -0.160. The first-order valence-corrected chi connectivity index (χ1v) is 9.73. The van der Waals surface area contributed by atoms with Crippen molar-refractivity contribution in [2.45, 2.75) is 102 Å². The SMILES string of the molecule is CCCCCCCCCCCCO[C@H]1CO[C@@H]2[C@@H](O)CO[C@]12C. The van der Waals surface area contributed by atoms with Gasteiger partial charge in [0, 0.05) is 6.61 Å². The van der Waals surface area contributed by atoms with E-state index in [0.717, 1.165) is 13.0 Å². The summed E-state index contributed by atoms with van der Waals surface area (Å²) in [6.45, 7) is 5.94. The van der Waals surface area contributed by atoms with E-state index in [9.17, 15) is 5.11 Å². The number of hydrogen-bond donors (Lipinski definition) is 1. The van der Waals surface area contributed by atoms with Gasteiger partial charge in [0.15, 0.2) is 0 Å². The van der Waals surface area contributed by atoms with E-state index in [1.54, 1.807) is 0 Å². The summed E-state index contributed by atoms with van der Waals surface area (Å²) in [5.74, 6) is 0. The molecular formula is C19H36O4. The van der Waals surface area contributed by atoms with Gasteiger partial charge in [-0.05, 0) is 13.3 Å². The molecule has 0 bridgehead atoms. The van der Waals surface area contributed by atoms with E-state index >= 15 is 0 Å². The molecule has 1 N–H and O–H groups in total. The molecule has 2 aliphatic heterocycles. The molecule has 2 rings (SSSR count). The zero-order valence-corrected chi connectivity index (χ0v) is 15.1. The zero-order valence-electron chi connectivity index (χ0n) is 15.1. The van der Waals surface area contributed by atoms with Crippen molar-refractivity contribution >= 4 is 0 Å². The molecule has 2 aliphatic rings. The van der Waals surface area contributed by atoms with Gasteiger partial charge in [-0.1, -0.05) is 64.7 Å². The molecule has 0 spiro atoms. The predicted molar refractivity (Wildman–Crippen MR) is 91.7 cm³/mol. The van der Waals surface area contributed by atoms with Crippen molar-refractivity contribution in [1.29, 1.82) is 0 Å². The molecular weight excluding hydrogens is 292 g/mol. The summed E-state index contributed by atoms with van der Waals surface area (Å²) < 4.78 is 17.4.